The molecule has 0 aliphatic heterocycles. The number of ketones is 2. The molecule has 1 aliphatic carbocycles. The van der Waals surface area contributed by atoms with Crippen LogP contribution in [0, 0.1) is 10.1 Å². The van der Waals surface area contributed by atoms with Crippen LogP contribution in [0.4, 0.5) is 34.1 Å². The van der Waals surface area contributed by atoms with Gasteiger partial charge in [-0.25, -0.2) is 0 Å². The molecular formula is C35H35ClN6O7. The van der Waals surface area contributed by atoms with E-state index >= 15 is 0 Å². The summed E-state index contributed by atoms with van der Waals surface area (Å²) in [5, 5.41) is 55.7. The third-order valence-electron chi connectivity index (χ3n) is 8.16. The van der Waals surface area contributed by atoms with Crippen LogP contribution in [0.5, 0.6) is 0 Å². The molecule has 5 N–H and O–H groups in total. The number of hydrogen-bond acceptors (Lipinski definition) is 12. The summed E-state index contributed by atoms with van der Waals surface area (Å²) >= 11 is 6.28. The van der Waals surface area contributed by atoms with Crippen LogP contribution in [0.1, 0.15) is 56.8 Å². The van der Waals surface area contributed by atoms with Gasteiger partial charge in [-0.05, 0) is 49.7 Å². The Morgan fingerprint density at radius 2 is 1.51 bits per heavy atom. The van der Waals surface area contributed by atoms with Crippen molar-refractivity contribution in [3.8, 4) is 0 Å². The largest absolute Gasteiger partial charge is 0.396 e. The zero-order chi connectivity index (χ0) is 35.1. The van der Waals surface area contributed by atoms with Gasteiger partial charge in [0.2, 0.25) is 0 Å². The molecule has 4 aromatic carbocycles. The van der Waals surface area contributed by atoms with Crippen LogP contribution in [-0.4, -0.2) is 71.3 Å². The van der Waals surface area contributed by atoms with Crippen molar-refractivity contribution in [3.05, 3.63) is 116 Å². The number of nitro groups is 1. The number of carbonyl (C=O) groups excluding carboxylic acids is 2. The van der Waals surface area contributed by atoms with Crippen molar-refractivity contribution in [2.45, 2.75) is 19.4 Å². The van der Waals surface area contributed by atoms with Crippen LogP contribution in [-0.2, 0) is 0 Å². The van der Waals surface area contributed by atoms with E-state index in [1.807, 2.05) is 24.0 Å². The lowest BCUT2D eigenvalue weighted by Crippen LogP contribution is -2.27. The van der Waals surface area contributed by atoms with Gasteiger partial charge >= 0.3 is 0 Å². The minimum Gasteiger partial charge on any atom is -0.396 e. The number of hydrogen-bond donors (Lipinski definition) is 5. The molecule has 1 atom stereocenters. The van der Waals surface area contributed by atoms with Gasteiger partial charge in [0.25, 0.3) is 5.69 Å². The maximum atomic E-state index is 14.0. The van der Waals surface area contributed by atoms with Crippen molar-refractivity contribution in [2.24, 2.45) is 10.2 Å². The summed E-state index contributed by atoms with van der Waals surface area (Å²) in [5.41, 5.74) is 3.35. The Bertz CT molecular complexity index is 1920. The van der Waals surface area contributed by atoms with Crippen LogP contribution in [0.3, 0.4) is 0 Å². The van der Waals surface area contributed by atoms with Crippen LogP contribution < -0.4 is 15.5 Å². The fraction of sp³-hybridized carbons (Fsp3) is 0.257. The molecule has 254 valence electrons. The van der Waals surface area contributed by atoms with Gasteiger partial charge in [0.05, 0.1) is 46.0 Å². The summed E-state index contributed by atoms with van der Waals surface area (Å²) in [4.78, 5) is 40.4. The maximum Gasteiger partial charge on any atom is 0.271 e. The Labute approximate surface area is 287 Å². The number of benzene rings is 4. The number of nitrogens with zero attached hydrogens (tertiary/aromatic N) is 4. The first kappa shape index (κ1) is 35.1. The average molecular weight is 687 g/mol. The highest BCUT2D eigenvalue weighted by Crippen LogP contribution is 2.41. The van der Waals surface area contributed by atoms with Gasteiger partial charge in [-0.15, -0.1) is 5.11 Å². The van der Waals surface area contributed by atoms with Gasteiger partial charge in [-0.2, -0.15) is 5.11 Å². The second-order valence-corrected chi connectivity index (χ2v) is 11.5. The monoisotopic (exact) mass is 686 g/mol. The Morgan fingerprint density at radius 1 is 0.857 bits per heavy atom. The van der Waals surface area contributed by atoms with E-state index < -0.39 is 11.0 Å². The van der Waals surface area contributed by atoms with Crippen LogP contribution in [0.2, 0.25) is 5.02 Å². The summed E-state index contributed by atoms with van der Waals surface area (Å²) in [5.74, 6) is -0.697. The number of non-ortho nitro benzene ring substituents is 1. The number of anilines is 3. The number of carbonyl (C=O) groups is 2. The number of halogens is 1. The van der Waals surface area contributed by atoms with E-state index in [-0.39, 0.29) is 83.0 Å². The van der Waals surface area contributed by atoms with Gasteiger partial charge in [0.1, 0.15) is 5.69 Å². The van der Waals surface area contributed by atoms with Crippen LogP contribution >= 0.6 is 11.6 Å². The van der Waals surface area contributed by atoms with E-state index in [9.17, 15) is 35.0 Å². The van der Waals surface area contributed by atoms with Crippen molar-refractivity contribution < 1.29 is 29.8 Å². The molecule has 13 nitrogen and oxygen atoms in total. The number of nitro benzene ring substituents is 1. The van der Waals surface area contributed by atoms with Crippen molar-refractivity contribution in [2.75, 3.05) is 55.0 Å². The molecular weight excluding hydrogens is 652 g/mol. The van der Waals surface area contributed by atoms with E-state index in [1.165, 1.54) is 18.2 Å². The Hall–Kier alpha value is -5.21. The molecule has 0 bridgehead atoms. The lowest BCUT2D eigenvalue weighted by Gasteiger charge is -2.28. The van der Waals surface area contributed by atoms with Crippen molar-refractivity contribution in [1.29, 1.82) is 0 Å². The van der Waals surface area contributed by atoms with Gasteiger partial charge in [-0.1, -0.05) is 35.9 Å². The van der Waals surface area contributed by atoms with Crippen molar-refractivity contribution in [3.63, 3.8) is 0 Å². The highest BCUT2D eigenvalue weighted by Gasteiger charge is 2.34. The zero-order valence-corrected chi connectivity index (χ0v) is 27.4. The molecule has 5 rings (SSSR count). The molecule has 1 unspecified atom stereocenters. The standard InChI is InChI=1S/C35H35ClN6O7/c1-2-41(15-18-45)21-7-9-28(39-40-29-10-8-22(42(48)49)20-26(29)36)25(19-21)27(13-16-43)38-31-12-11-30(37-14-17-44)32-33(31)35(47)24-6-4-3-5-23(24)34(32)46/h3-12,19-20,27,37-38,43-45H,2,13-18H2,1H3. The predicted molar refractivity (Wildman–Crippen MR) is 187 cm³/mol. The van der Waals surface area contributed by atoms with Crippen LogP contribution in [0.25, 0.3) is 0 Å². The lowest BCUT2D eigenvalue weighted by atomic mass is 9.82. The minimum absolute atomic E-state index is 0.0336. The SMILES string of the molecule is CCN(CCO)c1ccc(N=Nc2ccc([N+](=O)[O-])cc2Cl)c(C(CCO)Nc2ccc(NCCO)c3c2C(=O)c2ccccc2C3=O)c1. The first-order valence-corrected chi connectivity index (χ1v) is 16.0. The topological polar surface area (TPSA) is 190 Å². The normalized spacial score (nSPS) is 12.8. The van der Waals surface area contributed by atoms with E-state index in [1.54, 1.807) is 42.5 Å². The third kappa shape index (κ3) is 7.44. The number of aliphatic hydroxyl groups excluding tert-OH is 3. The molecule has 0 amide bonds. The number of fused-ring (bicyclic) bond motifs is 2. The number of azo groups is 1. The fourth-order valence-electron chi connectivity index (χ4n) is 5.80. The Morgan fingerprint density at radius 3 is 2.12 bits per heavy atom. The summed E-state index contributed by atoms with van der Waals surface area (Å²) < 4.78 is 0. The molecule has 0 aromatic heterocycles. The van der Waals surface area contributed by atoms with Gasteiger partial charge in [0, 0.05) is 72.1 Å². The molecule has 49 heavy (non-hydrogen) atoms. The summed E-state index contributed by atoms with van der Waals surface area (Å²) in [7, 11) is 0. The van der Waals surface area contributed by atoms with Gasteiger partial charge in [0.15, 0.2) is 11.6 Å². The number of aliphatic hydroxyl groups is 3. The first-order valence-electron chi connectivity index (χ1n) is 15.6. The zero-order valence-electron chi connectivity index (χ0n) is 26.6. The Kier molecular flexibility index (Phi) is 11.3. The van der Waals surface area contributed by atoms with Gasteiger partial charge in [-0.3, -0.25) is 19.7 Å². The maximum absolute atomic E-state index is 14.0. The molecule has 0 saturated carbocycles. The molecule has 0 spiro atoms. The smallest absolute Gasteiger partial charge is 0.271 e. The highest BCUT2D eigenvalue weighted by atomic mass is 35.5. The van der Waals surface area contributed by atoms with Crippen molar-refractivity contribution >= 4 is 57.3 Å². The number of rotatable bonds is 15. The number of likely N-dealkylation sites (N-methyl/N-ethyl adjacent to an activating group) is 1. The predicted octanol–water partition coefficient (Wildman–Crippen LogP) is 6.20. The summed E-state index contributed by atoms with van der Waals surface area (Å²) in [6.45, 7) is 2.54. The molecule has 0 saturated heterocycles. The van der Waals surface area contributed by atoms with Crippen LogP contribution in [0.15, 0.2) is 83.0 Å². The first-order chi connectivity index (χ1) is 23.7. The fourth-order valence-corrected chi connectivity index (χ4v) is 6.01. The lowest BCUT2D eigenvalue weighted by molar-refractivity contribution is -0.384. The second-order valence-electron chi connectivity index (χ2n) is 11.1. The molecule has 14 heteroatoms. The molecule has 0 heterocycles. The molecule has 0 fully saturated rings. The van der Waals surface area contributed by atoms with E-state index in [0.29, 0.717) is 35.7 Å². The second kappa shape index (κ2) is 15.8. The van der Waals surface area contributed by atoms with Crippen molar-refractivity contribution in [1.82, 2.24) is 0 Å². The molecule has 1 aliphatic rings. The quantitative estimate of drug-likeness (QED) is 0.0482. The van der Waals surface area contributed by atoms with E-state index in [0.717, 1.165) is 5.69 Å². The Balaban J connectivity index is 1.63. The number of nitrogens with one attached hydrogen (secondary N) is 2. The molecule has 4 aromatic rings. The summed E-state index contributed by atoms with van der Waals surface area (Å²) in [6, 6.07) is 18.5. The van der Waals surface area contributed by atoms with Gasteiger partial charge < -0.3 is 30.9 Å². The molecule has 0 radical (unpaired) electrons. The van der Waals surface area contributed by atoms with E-state index in [2.05, 4.69) is 20.9 Å². The average Bonchev–Trinajstić information content (AvgIpc) is 3.11. The highest BCUT2D eigenvalue weighted by molar-refractivity contribution is 6.33. The minimum atomic E-state index is -0.667. The third-order valence-corrected chi connectivity index (χ3v) is 8.46. The van der Waals surface area contributed by atoms with E-state index in [4.69, 9.17) is 11.6 Å². The summed E-state index contributed by atoms with van der Waals surface area (Å²) in [6.07, 6.45) is 0.161.